The number of aromatic nitrogens is 2. The molecule has 3 N–H and O–H groups in total. The molecule has 8 heteroatoms. The molecular weight excluding hydrogens is 312 g/mol. The lowest BCUT2D eigenvalue weighted by Gasteiger charge is -2.33. The van der Waals surface area contributed by atoms with Crippen molar-refractivity contribution in [2.75, 3.05) is 13.2 Å². The van der Waals surface area contributed by atoms with E-state index < -0.39 is 16.2 Å². The second-order valence-corrected chi connectivity index (χ2v) is 6.21. The van der Waals surface area contributed by atoms with Crippen molar-refractivity contribution >= 4 is 11.6 Å². The summed E-state index contributed by atoms with van der Waals surface area (Å²) in [6.45, 7) is 3.96. The number of amides is 1. The number of aliphatic hydroxyl groups is 1. The predicted molar refractivity (Wildman–Crippen MR) is 87.6 cm³/mol. The molecule has 2 rings (SSSR count). The van der Waals surface area contributed by atoms with Gasteiger partial charge >= 0.3 is 5.69 Å². The van der Waals surface area contributed by atoms with Crippen LogP contribution in [0.25, 0.3) is 0 Å². The Bertz CT molecular complexity index is 712. The molecule has 1 unspecified atom stereocenters. The van der Waals surface area contributed by atoms with Crippen LogP contribution in [0.15, 0.2) is 36.5 Å². The maximum Gasteiger partial charge on any atom is 0.319 e. The van der Waals surface area contributed by atoms with E-state index in [9.17, 15) is 20.0 Å². The highest BCUT2D eigenvalue weighted by Gasteiger charge is 2.31. The van der Waals surface area contributed by atoms with E-state index in [0.717, 1.165) is 11.8 Å². The summed E-state index contributed by atoms with van der Waals surface area (Å²) in [5.41, 5.74) is -0.0658. The minimum absolute atomic E-state index is 0.0629. The second-order valence-electron chi connectivity index (χ2n) is 6.21. The number of nitrogens with zero attached hydrogens (tertiary/aromatic N) is 2. The standard InChI is InChI=1S/C16H20N4O4/c1-16(2,10-21)12(11-6-4-3-5-7-11)8-17-15(22)14-13(20(23)24)9-18-19-14/h3-7,9,12,21H,8,10H2,1-2H3,(H,17,22)(H,18,19). The quantitative estimate of drug-likeness (QED) is 0.528. The van der Waals surface area contributed by atoms with Crippen LogP contribution in [-0.2, 0) is 0 Å². The molecule has 0 saturated heterocycles. The second kappa shape index (κ2) is 7.22. The van der Waals surface area contributed by atoms with Gasteiger partial charge in [0, 0.05) is 19.1 Å². The largest absolute Gasteiger partial charge is 0.396 e. The third kappa shape index (κ3) is 3.77. The Morgan fingerprint density at radius 3 is 2.67 bits per heavy atom. The van der Waals surface area contributed by atoms with Crippen molar-refractivity contribution in [1.29, 1.82) is 0 Å². The van der Waals surface area contributed by atoms with Crippen molar-refractivity contribution in [1.82, 2.24) is 15.5 Å². The first-order valence-electron chi connectivity index (χ1n) is 7.48. The Morgan fingerprint density at radius 1 is 1.42 bits per heavy atom. The number of H-pyrrole nitrogens is 1. The Balaban J connectivity index is 2.18. The summed E-state index contributed by atoms with van der Waals surface area (Å²) in [4.78, 5) is 22.5. The number of hydrogen-bond donors (Lipinski definition) is 3. The van der Waals surface area contributed by atoms with Crippen molar-refractivity contribution in [3.63, 3.8) is 0 Å². The molecule has 1 aromatic carbocycles. The third-order valence-corrected chi connectivity index (χ3v) is 4.06. The number of carbonyl (C=O) groups excluding carboxylic acids is 1. The normalized spacial score (nSPS) is 12.6. The van der Waals surface area contributed by atoms with E-state index in [1.807, 2.05) is 44.2 Å². The first-order valence-corrected chi connectivity index (χ1v) is 7.48. The van der Waals surface area contributed by atoms with Crippen LogP contribution >= 0.6 is 0 Å². The van der Waals surface area contributed by atoms with Gasteiger partial charge in [-0.1, -0.05) is 44.2 Å². The van der Waals surface area contributed by atoms with Crippen molar-refractivity contribution in [3.05, 3.63) is 57.9 Å². The molecule has 24 heavy (non-hydrogen) atoms. The van der Waals surface area contributed by atoms with Crippen LogP contribution in [0.4, 0.5) is 5.69 Å². The summed E-state index contributed by atoms with van der Waals surface area (Å²) in [6.07, 6.45) is 1.00. The maximum absolute atomic E-state index is 12.2. The molecule has 0 fully saturated rings. The van der Waals surface area contributed by atoms with E-state index in [1.54, 1.807) is 0 Å². The van der Waals surface area contributed by atoms with Crippen LogP contribution in [0.2, 0.25) is 0 Å². The fraction of sp³-hybridized carbons (Fsp3) is 0.375. The van der Waals surface area contributed by atoms with E-state index in [1.165, 1.54) is 0 Å². The highest BCUT2D eigenvalue weighted by atomic mass is 16.6. The summed E-state index contributed by atoms with van der Waals surface area (Å²) in [6, 6.07) is 9.51. The highest BCUT2D eigenvalue weighted by Crippen LogP contribution is 2.34. The monoisotopic (exact) mass is 332 g/mol. The van der Waals surface area contributed by atoms with Crippen LogP contribution in [0.3, 0.4) is 0 Å². The molecule has 128 valence electrons. The van der Waals surface area contributed by atoms with Gasteiger partial charge in [0.05, 0.1) is 4.92 Å². The van der Waals surface area contributed by atoms with Gasteiger partial charge in [0.25, 0.3) is 5.91 Å². The summed E-state index contributed by atoms with van der Waals surface area (Å²) >= 11 is 0. The lowest BCUT2D eigenvalue weighted by Crippen LogP contribution is -2.37. The number of nitro groups is 1. The molecule has 2 aromatic rings. The van der Waals surface area contributed by atoms with Gasteiger partial charge in [0.2, 0.25) is 5.69 Å². The molecule has 0 radical (unpaired) electrons. The molecular formula is C16H20N4O4. The van der Waals surface area contributed by atoms with Gasteiger partial charge in [0.1, 0.15) is 6.20 Å². The zero-order valence-electron chi connectivity index (χ0n) is 13.5. The molecule has 0 aliphatic rings. The molecule has 0 aliphatic carbocycles. The lowest BCUT2D eigenvalue weighted by atomic mass is 9.75. The number of aromatic amines is 1. The number of nitrogens with one attached hydrogen (secondary N) is 2. The van der Waals surface area contributed by atoms with Crippen LogP contribution in [-0.4, -0.2) is 39.3 Å². The number of benzene rings is 1. The van der Waals surface area contributed by atoms with E-state index in [2.05, 4.69) is 15.5 Å². The Kier molecular flexibility index (Phi) is 5.30. The number of hydrogen-bond acceptors (Lipinski definition) is 5. The van der Waals surface area contributed by atoms with Gasteiger partial charge < -0.3 is 10.4 Å². The summed E-state index contributed by atoms with van der Waals surface area (Å²) < 4.78 is 0. The van der Waals surface area contributed by atoms with Crippen LogP contribution in [0.5, 0.6) is 0 Å². The van der Waals surface area contributed by atoms with E-state index >= 15 is 0 Å². The topological polar surface area (TPSA) is 121 Å². The summed E-state index contributed by atoms with van der Waals surface area (Å²) in [5.74, 6) is -0.761. The minimum atomic E-state index is -0.662. The zero-order valence-corrected chi connectivity index (χ0v) is 13.5. The summed E-state index contributed by atoms with van der Waals surface area (Å²) in [5, 5.41) is 29.1. The Hall–Kier alpha value is -2.74. The first-order chi connectivity index (χ1) is 11.4. The average molecular weight is 332 g/mol. The van der Waals surface area contributed by atoms with Crippen molar-refractivity contribution in [2.24, 2.45) is 5.41 Å². The fourth-order valence-corrected chi connectivity index (χ4v) is 2.51. The van der Waals surface area contributed by atoms with Crippen LogP contribution in [0, 0.1) is 15.5 Å². The van der Waals surface area contributed by atoms with Gasteiger partial charge in [-0.3, -0.25) is 20.0 Å². The van der Waals surface area contributed by atoms with Gasteiger partial charge in [-0.05, 0) is 11.0 Å². The zero-order chi connectivity index (χ0) is 17.7. The smallest absolute Gasteiger partial charge is 0.319 e. The molecule has 0 spiro atoms. The SMILES string of the molecule is CC(C)(CO)C(CNC(=O)c1[nH]ncc1[N+](=O)[O-])c1ccccc1. The average Bonchev–Trinajstić information content (AvgIpc) is 3.05. The third-order valence-electron chi connectivity index (χ3n) is 4.06. The van der Waals surface area contributed by atoms with E-state index in [0.29, 0.717) is 0 Å². The Morgan fingerprint density at radius 2 is 2.08 bits per heavy atom. The molecule has 1 atom stereocenters. The number of aliphatic hydroxyl groups excluding tert-OH is 1. The number of carbonyl (C=O) groups is 1. The molecule has 0 aliphatic heterocycles. The molecule has 1 heterocycles. The van der Waals surface area contributed by atoms with Gasteiger partial charge in [-0.15, -0.1) is 0 Å². The van der Waals surface area contributed by atoms with Gasteiger partial charge in [-0.25, -0.2) is 0 Å². The molecule has 1 amide bonds. The number of rotatable bonds is 7. The highest BCUT2D eigenvalue weighted by molar-refractivity contribution is 5.96. The molecule has 8 nitrogen and oxygen atoms in total. The first kappa shape index (κ1) is 17.6. The summed E-state index contributed by atoms with van der Waals surface area (Å²) in [7, 11) is 0. The Labute approximate surface area is 139 Å². The van der Waals surface area contributed by atoms with E-state index in [4.69, 9.17) is 0 Å². The molecule has 0 bridgehead atoms. The fourth-order valence-electron chi connectivity index (χ4n) is 2.51. The predicted octanol–water partition coefficient (Wildman–Crippen LogP) is 1.85. The van der Waals surface area contributed by atoms with Crippen molar-refractivity contribution in [2.45, 2.75) is 19.8 Å². The molecule has 0 saturated carbocycles. The van der Waals surface area contributed by atoms with Crippen LogP contribution < -0.4 is 5.32 Å². The lowest BCUT2D eigenvalue weighted by molar-refractivity contribution is -0.385. The van der Waals surface area contributed by atoms with Crippen molar-refractivity contribution < 1.29 is 14.8 Å². The van der Waals surface area contributed by atoms with Crippen molar-refractivity contribution in [3.8, 4) is 0 Å². The minimum Gasteiger partial charge on any atom is -0.396 e. The maximum atomic E-state index is 12.2. The van der Waals surface area contributed by atoms with E-state index in [-0.39, 0.29) is 30.5 Å². The van der Waals surface area contributed by atoms with Gasteiger partial charge in [0.15, 0.2) is 0 Å². The molecule has 1 aromatic heterocycles. The van der Waals surface area contributed by atoms with Crippen LogP contribution in [0.1, 0.15) is 35.8 Å². The van der Waals surface area contributed by atoms with Gasteiger partial charge in [-0.2, -0.15) is 5.10 Å².